The molecule has 36 heavy (non-hydrogen) atoms. The molecular formula is C25H29ClN4O6. The van der Waals surface area contributed by atoms with Gasteiger partial charge in [-0.15, -0.1) is 0 Å². The van der Waals surface area contributed by atoms with Gasteiger partial charge in [0.05, 0.1) is 42.2 Å². The zero-order chi connectivity index (χ0) is 24.5. The Morgan fingerprint density at radius 3 is 2.81 bits per heavy atom. The van der Waals surface area contributed by atoms with Gasteiger partial charge < -0.3 is 33.8 Å². The standard InChI is InChI=1S/C25H29ClN4O6/c26-18-11-19-24(29-25(27-19)36-21-14-35-20-5-8-33-23(20)21)28-22(18)15-1-3-17(4-2-15)34-13-16(31)12-30-6-9-32-10-7-30/h1-4,11,16,20-21,23,31H,5-10,12-14H2,(H,27,28,29). The summed E-state index contributed by atoms with van der Waals surface area (Å²) in [4.78, 5) is 14.5. The summed E-state index contributed by atoms with van der Waals surface area (Å²) in [5.74, 6) is 0.665. The molecule has 2 N–H and O–H groups in total. The molecule has 0 aliphatic carbocycles. The summed E-state index contributed by atoms with van der Waals surface area (Å²) >= 11 is 6.56. The molecule has 3 saturated heterocycles. The molecule has 3 aromatic rings. The van der Waals surface area contributed by atoms with Crippen LogP contribution in [0.25, 0.3) is 22.4 Å². The topological polar surface area (TPSA) is 111 Å². The van der Waals surface area contributed by atoms with Crippen LogP contribution in [0.3, 0.4) is 0 Å². The third kappa shape index (κ3) is 5.15. The molecule has 3 aliphatic heterocycles. The van der Waals surface area contributed by atoms with Gasteiger partial charge in [0.2, 0.25) is 0 Å². The van der Waals surface area contributed by atoms with Crippen molar-refractivity contribution in [2.45, 2.75) is 30.8 Å². The minimum atomic E-state index is -0.570. The van der Waals surface area contributed by atoms with Gasteiger partial charge in [-0.2, -0.15) is 4.98 Å². The number of halogens is 1. The highest BCUT2D eigenvalue weighted by Crippen LogP contribution is 2.32. The zero-order valence-electron chi connectivity index (χ0n) is 19.8. The number of hydrogen-bond donors (Lipinski definition) is 2. The number of aromatic amines is 1. The highest BCUT2D eigenvalue weighted by Gasteiger charge is 2.43. The van der Waals surface area contributed by atoms with Crippen molar-refractivity contribution in [2.75, 3.05) is 52.7 Å². The van der Waals surface area contributed by atoms with Crippen LogP contribution in [0.2, 0.25) is 5.02 Å². The minimum Gasteiger partial charge on any atom is -0.491 e. The first-order valence-electron chi connectivity index (χ1n) is 12.3. The van der Waals surface area contributed by atoms with Crippen LogP contribution < -0.4 is 9.47 Å². The Bertz CT molecular complexity index is 1190. The van der Waals surface area contributed by atoms with E-state index in [1.54, 1.807) is 6.07 Å². The van der Waals surface area contributed by atoms with E-state index in [0.29, 0.717) is 66.6 Å². The minimum absolute atomic E-state index is 0.0634. The molecule has 6 rings (SSSR count). The summed E-state index contributed by atoms with van der Waals surface area (Å²) in [6.45, 7) is 5.02. The second-order valence-electron chi connectivity index (χ2n) is 9.29. The molecule has 2 aromatic heterocycles. The van der Waals surface area contributed by atoms with Gasteiger partial charge in [0, 0.05) is 31.8 Å². The van der Waals surface area contributed by atoms with Gasteiger partial charge in [0.1, 0.15) is 24.6 Å². The second-order valence-corrected chi connectivity index (χ2v) is 9.69. The van der Waals surface area contributed by atoms with Crippen LogP contribution in [-0.4, -0.2) is 102 Å². The van der Waals surface area contributed by atoms with Crippen molar-refractivity contribution in [3.05, 3.63) is 35.4 Å². The maximum atomic E-state index is 10.3. The van der Waals surface area contributed by atoms with E-state index < -0.39 is 6.10 Å². The molecule has 0 radical (unpaired) electrons. The molecule has 4 atom stereocenters. The fraction of sp³-hybridized carbons (Fsp3) is 0.520. The molecule has 0 saturated carbocycles. The molecule has 192 valence electrons. The van der Waals surface area contributed by atoms with Crippen LogP contribution in [0.5, 0.6) is 11.8 Å². The van der Waals surface area contributed by atoms with Gasteiger partial charge in [-0.25, -0.2) is 4.98 Å². The average molecular weight is 517 g/mol. The third-order valence-electron chi connectivity index (χ3n) is 6.73. The molecule has 0 spiro atoms. The van der Waals surface area contributed by atoms with Crippen molar-refractivity contribution in [3.8, 4) is 23.0 Å². The van der Waals surface area contributed by atoms with E-state index in [4.69, 9.17) is 35.3 Å². The van der Waals surface area contributed by atoms with E-state index in [1.807, 2.05) is 24.3 Å². The summed E-state index contributed by atoms with van der Waals surface area (Å²) < 4.78 is 28.6. The summed E-state index contributed by atoms with van der Waals surface area (Å²) in [6, 6.07) is 9.63. The number of nitrogens with zero attached hydrogens (tertiary/aromatic N) is 3. The van der Waals surface area contributed by atoms with Gasteiger partial charge in [-0.1, -0.05) is 11.6 Å². The molecule has 0 bridgehead atoms. The van der Waals surface area contributed by atoms with Crippen LogP contribution in [0, 0.1) is 0 Å². The SMILES string of the molecule is OC(COc1ccc(-c2nc3nc(OC4COC5CCOC54)[nH]c3cc2Cl)cc1)CN1CCOCC1. The maximum Gasteiger partial charge on any atom is 0.296 e. The normalized spacial score (nSPS) is 25.2. The number of rotatable bonds is 8. The second kappa shape index (κ2) is 10.5. The number of imidazole rings is 1. The molecule has 3 fully saturated rings. The summed E-state index contributed by atoms with van der Waals surface area (Å²) in [5.41, 5.74) is 2.65. The molecule has 10 nitrogen and oxygen atoms in total. The van der Waals surface area contributed by atoms with Crippen molar-refractivity contribution in [1.29, 1.82) is 0 Å². The number of ether oxygens (including phenoxy) is 5. The summed E-state index contributed by atoms with van der Waals surface area (Å²) in [7, 11) is 0. The number of nitrogens with one attached hydrogen (secondary N) is 1. The number of aliphatic hydroxyl groups excluding tert-OH is 1. The fourth-order valence-corrected chi connectivity index (χ4v) is 5.12. The predicted octanol–water partition coefficient (Wildman–Crippen LogP) is 2.29. The number of hydrogen-bond acceptors (Lipinski definition) is 9. The lowest BCUT2D eigenvalue weighted by atomic mass is 10.1. The van der Waals surface area contributed by atoms with Crippen molar-refractivity contribution < 1.29 is 28.8 Å². The molecule has 3 aliphatic rings. The van der Waals surface area contributed by atoms with E-state index in [-0.39, 0.29) is 24.9 Å². The van der Waals surface area contributed by atoms with Crippen molar-refractivity contribution in [2.24, 2.45) is 0 Å². The van der Waals surface area contributed by atoms with Crippen molar-refractivity contribution in [1.82, 2.24) is 19.9 Å². The van der Waals surface area contributed by atoms with Gasteiger partial charge in [0.25, 0.3) is 6.01 Å². The molecule has 4 unspecified atom stereocenters. The third-order valence-corrected chi connectivity index (χ3v) is 7.02. The van der Waals surface area contributed by atoms with Crippen LogP contribution in [0.15, 0.2) is 30.3 Å². The highest BCUT2D eigenvalue weighted by atomic mass is 35.5. The molecule has 11 heteroatoms. The Kier molecular flexibility index (Phi) is 6.96. The Morgan fingerprint density at radius 2 is 1.97 bits per heavy atom. The first-order valence-corrected chi connectivity index (χ1v) is 12.7. The quantitative estimate of drug-likeness (QED) is 0.465. The monoisotopic (exact) mass is 516 g/mol. The van der Waals surface area contributed by atoms with Crippen LogP contribution in [-0.2, 0) is 14.2 Å². The van der Waals surface area contributed by atoms with Crippen LogP contribution in [0.1, 0.15) is 6.42 Å². The Morgan fingerprint density at radius 1 is 1.14 bits per heavy atom. The van der Waals surface area contributed by atoms with E-state index in [0.717, 1.165) is 25.1 Å². The number of aromatic nitrogens is 3. The van der Waals surface area contributed by atoms with Gasteiger partial charge in [-0.3, -0.25) is 4.90 Å². The average Bonchev–Trinajstić information content (AvgIpc) is 3.60. The van der Waals surface area contributed by atoms with Crippen molar-refractivity contribution >= 4 is 22.8 Å². The van der Waals surface area contributed by atoms with E-state index in [1.165, 1.54) is 0 Å². The Labute approximate surface area is 213 Å². The summed E-state index contributed by atoms with van der Waals surface area (Å²) in [5, 5.41) is 10.8. The van der Waals surface area contributed by atoms with E-state index in [2.05, 4.69) is 19.9 Å². The van der Waals surface area contributed by atoms with E-state index in [9.17, 15) is 5.11 Å². The van der Waals surface area contributed by atoms with E-state index >= 15 is 0 Å². The predicted molar refractivity (Wildman–Crippen MR) is 132 cm³/mol. The van der Waals surface area contributed by atoms with Crippen LogP contribution in [0.4, 0.5) is 0 Å². The van der Waals surface area contributed by atoms with Gasteiger partial charge in [0.15, 0.2) is 11.8 Å². The number of H-pyrrole nitrogens is 1. The number of β-amino-alcohol motifs (C(OH)–C–C–N with tert-alkyl or cyclic N) is 1. The first-order chi connectivity index (χ1) is 17.6. The maximum absolute atomic E-state index is 10.3. The summed E-state index contributed by atoms with van der Waals surface area (Å²) in [6.07, 6.45) is 0.154. The van der Waals surface area contributed by atoms with Gasteiger partial charge >= 0.3 is 0 Å². The zero-order valence-corrected chi connectivity index (χ0v) is 20.5. The lowest BCUT2D eigenvalue weighted by molar-refractivity contribution is 0.00465. The largest absolute Gasteiger partial charge is 0.491 e. The Hall–Kier alpha value is -2.47. The number of fused-ring (bicyclic) bond motifs is 2. The molecule has 1 aromatic carbocycles. The number of pyridine rings is 1. The number of benzene rings is 1. The lowest BCUT2D eigenvalue weighted by Crippen LogP contribution is -2.42. The molecule has 0 amide bonds. The molecule has 5 heterocycles. The number of aliphatic hydroxyl groups is 1. The first kappa shape index (κ1) is 23.9. The van der Waals surface area contributed by atoms with Gasteiger partial charge in [-0.05, 0) is 36.8 Å². The Balaban J connectivity index is 1.10. The highest BCUT2D eigenvalue weighted by molar-refractivity contribution is 6.33. The fourth-order valence-electron chi connectivity index (χ4n) is 4.86. The smallest absolute Gasteiger partial charge is 0.296 e. The number of morpholine rings is 1. The van der Waals surface area contributed by atoms with Crippen molar-refractivity contribution in [3.63, 3.8) is 0 Å². The lowest BCUT2D eigenvalue weighted by Gasteiger charge is -2.28. The van der Waals surface area contributed by atoms with Crippen LogP contribution >= 0.6 is 11.6 Å². The molecular weight excluding hydrogens is 488 g/mol.